The number of hydrogen-bond acceptors (Lipinski definition) is 3. The quantitative estimate of drug-likeness (QED) is 0.280. The molecule has 1 aromatic rings. The molecular formula is C10H11N5O2. The minimum atomic E-state index is -0.948. The number of carbonyl (C=O) groups is 1. The van der Waals surface area contributed by atoms with E-state index in [-0.39, 0.29) is 0 Å². The van der Waals surface area contributed by atoms with Crippen LogP contribution in [-0.2, 0) is 4.79 Å². The molecule has 1 heterocycles. The van der Waals surface area contributed by atoms with Gasteiger partial charge in [-0.15, -0.1) is 0 Å². The Labute approximate surface area is 97.7 Å². The van der Waals surface area contributed by atoms with Crippen molar-refractivity contribution in [2.75, 3.05) is 6.54 Å². The summed E-state index contributed by atoms with van der Waals surface area (Å²) in [6.07, 6.45) is 3.53. The van der Waals surface area contributed by atoms with Gasteiger partial charge >= 0.3 is 5.97 Å². The Morgan fingerprint density at radius 3 is 3.24 bits per heavy atom. The molecule has 0 aliphatic heterocycles. The molecular weight excluding hydrogens is 222 g/mol. The van der Waals surface area contributed by atoms with Gasteiger partial charge in [0.2, 0.25) is 0 Å². The first kappa shape index (κ1) is 12.6. The van der Waals surface area contributed by atoms with Gasteiger partial charge in [-0.2, -0.15) is 5.10 Å². The van der Waals surface area contributed by atoms with Gasteiger partial charge in [-0.25, -0.2) is 4.79 Å². The number of rotatable bonds is 4. The third-order valence-electron chi connectivity index (χ3n) is 1.99. The van der Waals surface area contributed by atoms with Gasteiger partial charge in [-0.1, -0.05) is 17.0 Å². The Kier molecular flexibility index (Phi) is 4.60. The van der Waals surface area contributed by atoms with Crippen LogP contribution in [-0.4, -0.2) is 27.4 Å². The summed E-state index contributed by atoms with van der Waals surface area (Å²) in [5.41, 5.74) is 8.68. The van der Waals surface area contributed by atoms with Crippen LogP contribution in [0.5, 0.6) is 0 Å². The van der Waals surface area contributed by atoms with Crippen molar-refractivity contribution in [2.24, 2.45) is 5.11 Å². The van der Waals surface area contributed by atoms with Crippen LogP contribution < -0.4 is 0 Å². The van der Waals surface area contributed by atoms with Crippen molar-refractivity contribution in [3.05, 3.63) is 28.4 Å². The Balaban J connectivity index is 2.62. The molecule has 1 rings (SSSR count). The highest BCUT2D eigenvalue weighted by Gasteiger charge is 2.13. The molecule has 0 saturated carbocycles. The van der Waals surface area contributed by atoms with Crippen molar-refractivity contribution in [2.45, 2.75) is 19.4 Å². The molecule has 0 amide bonds. The van der Waals surface area contributed by atoms with Crippen LogP contribution in [0.3, 0.4) is 0 Å². The Morgan fingerprint density at radius 1 is 1.82 bits per heavy atom. The van der Waals surface area contributed by atoms with Gasteiger partial charge < -0.3 is 5.11 Å². The summed E-state index contributed by atoms with van der Waals surface area (Å²) >= 11 is 0. The molecule has 7 heteroatoms. The van der Waals surface area contributed by atoms with Gasteiger partial charge in [0.1, 0.15) is 6.04 Å². The molecule has 0 aromatic carbocycles. The maximum atomic E-state index is 10.7. The van der Waals surface area contributed by atoms with E-state index in [0.717, 1.165) is 0 Å². The van der Waals surface area contributed by atoms with Gasteiger partial charge in [-0.3, -0.25) is 4.68 Å². The first-order chi connectivity index (χ1) is 8.15. The van der Waals surface area contributed by atoms with Crippen LogP contribution in [0, 0.1) is 11.8 Å². The zero-order valence-electron chi connectivity index (χ0n) is 9.24. The Hall–Kier alpha value is -2.45. The van der Waals surface area contributed by atoms with E-state index in [1.807, 2.05) is 0 Å². The van der Waals surface area contributed by atoms with E-state index in [4.69, 9.17) is 10.6 Å². The van der Waals surface area contributed by atoms with Crippen LogP contribution in [0.1, 0.15) is 24.9 Å². The highest BCUT2D eigenvalue weighted by atomic mass is 16.4. The monoisotopic (exact) mass is 233 g/mol. The maximum absolute atomic E-state index is 10.7. The molecule has 1 atom stereocenters. The Morgan fingerprint density at radius 2 is 2.59 bits per heavy atom. The summed E-state index contributed by atoms with van der Waals surface area (Å²) in [7, 11) is 0. The number of aromatic nitrogens is 2. The second kappa shape index (κ2) is 6.20. The van der Waals surface area contributed by atoms with E-state index in [1.54, 1.807) is 6.20 Å². The molecule has 0 spiro atoms. The normalized spacial score (nSPS) is 10.9. The van der Waals surface area contributed by atoms with E-state index in [0.29, 0.717) is 18.5 Å². The lowest BCUT2D eigenvalue weighted by molar-refractivity contribution is -0.140. The highest BCUT2D eigenvalue weighted by molar-refractivity contribution is 5.71. The van der Waals surface area contributed by atoms with E-state index in [2.05, 4.69) is 27.0 Å². The minimum absolute atomic E-state index is 0.323. The van der Waals surface area contributed by atoms with Crippen LogP contribution in [0.15, 0.2) is 17.5 Å². The number of azide groups is 1. The van der Waals surface area contributed by atoms with Crippen molar-refractivity contribution < 1.29 is 9.90 Å². The van der Waals surface area contributed by atoms with Crippen LogP contribution in [0.4, 0.5) is 0 Å². The van der Waals surface area contributed by atoms with Gasteiger partial charge in [0.05, 0.1) is 11.8 Å². The van der Waals surface area contributed by atoms with Crippen molar-refractivity contribution in [3.63, 3.8) is 0 Å². The van der Waals surface area contributed by atoms with Crippen molar-refractivity contribution in [1.82, 2.24) is 9.78 Å². The summed E-state index contributed by atoms with van der Waals surface area (Å²) < 4.78 is 1.33. The molecule has 7 nitrogen and oxygen atoms in total. The third kappa shape index (κ3) is 3.89. The van der Waals surface area contributed by atoms with E-state index < -0.39 is 12.0 Å². The molecule has 0 radical (unpaired) electrons. The van der Waals surface area contributed by atoms with Gasteiger partial charge in [0.25, 0.3) is 0 Å². The second-order valence-electron chi connectivity index (χ2n) is 3.23. The molecule has 88 valence electrons. The summed E-state index contributed by atoms with van der Waals surface area (Å²) in [5.74, 6) is 4.66. The average Bonchev–Trinajstić information content (AvgIpc) is 2.76. The third-order valence-corrected chi connectivity index (χ3v) is 1.99. The summed E-state index contributed by atoms with van der Waals surface area (Å²) in [4.78, 5) is 13.3. The molecule has 1 aromatic heterocycles. The lowest BCUT2D eigenvalue weighted by atomic mass is 10.3. The molecule has 0 aliphatic carbocycles. The summed E-state index contributed by atoms with van der Waals surface area (Å²) in [6.45, 7) is 1.86. The predicted octanol–water partition coefficient (Wildman–Crippen LogP) is 1.58. The van der Waals surface area contributed by atoms with Crippen molar-refractivity contribution in [3.8, 4) is 11.8 Å². The van der Waals surface area contributed by atoms with Gasteiger partial charge in [0.15, 0.2) is 0 Å². The Bertz CT molecular complexity index is 504. The van der Waals surface area contributed by atoms with Crippen LogP contribution in [0.25, 0.3) is 10.4 Å². The molecule has 0 fully saturated rings. The minimum Gasteiger partial charge on any atom is -0.480 e. The lowest BCUT2D eigenvalue weighted by Crippen LogP contribution is -2.15. The number of nitrogens with zero attached hydrogens (tertiary/aromatic N) is 5. The van der Waals surface area contributed by atoms with Crippen molar-refractivity contribution >= 4 is 5.97 Å². The van der Waals surface area contributed by atoms with Crippen LogP contribution in [0.2, 0.25) is 0 Å². The zero-order chi connectivity index (χ0) is 12.7. The fourth-order valence-corrected chi connectivity index (χ4v) is 1.04. The predicted molar refractivity (Wildman–Crippen MR) is 60.1 cm³/mol. The first-order valence-corrected chi connectivity index (χ1v) is 4.92. The molecule has 0 saturated heterocycles. The smallest absolute Gasteiger partial charge is 0.328 e. The molecule has 0 unspecified atom stereocenters. The summed E-state index contributed by atoms with van der Waals surface area (Å²) in [5, 5.41) is 16.0. The fourth-order valence-electron chi connectivity index (χ4n) is 1.04. The number of aliphatic carboxylic acids is 1. The largest absolute Gasteiger partial charge is 0.480 e. The van der Waals surface area contributed by atoms with Gasteiger partial charge in [0, 0.05) is 24.1 Å². The average molecular weight is 233 g/mol. The standard InChI is InChI=1S/C10H11N5O2/c1-8(10(16)17)15-7-9(6-13-15)4-2-3-5-12-14-11/h6-8H,3,5H2,1H3,(H,16,17)/t8-/m0/s1. The van der Waals surface area contributed by atoms with E-state index >= 15 is 0 Å². The van der Waals surface area contributed by atoms with Crippen LogP contribution >= 0.6 is 0 Å². The van der Waals surface area contributed by atoms with E-state index in [9.17, 15) is 4.79 Å². The SMILES string of the molecule is C[C@@H](C(=O)O)n1cc(C#CCCN=[N+]=[N-])cn1. The first-order valence-electron chi connectivity index (χ1n) is 4.92. The number of hydrogen-bond donors (Lipinski definition) is 1. The number of carboxylic acid groups (broad SMARTS) is 1. The molecule has 1 N–H and O–H groups in total. The highest BCUT2D eigenvalue weighted by Crippen LogP contribution is 2.05. The summed E-state index contributed by atoms with van der Waals surface area (Å²) in [6, 6.07) is -0.714. The molecule has 0 aliphatic rings. The topological polar surface area (TPSA) is 104 Å². The molecule has 0 bridgehead atoms. The lowest BCUT2D eigenvalue weighted by Gasteiger charge is -2.04. The van der Waals surface area contributed by atoms with Crippen molar-refractivity contribution in [1.29, 1.82) is 0 Å². The maximum Gasteiger partial charge on any atom is 0.328 e. The fraction of sp³-hybridized carbons (Fsp3) is 0.400. The second-order valence-corrected chi connectivity index (χ2v) is 3.23. The van der Waals surface area contributed by atoms with Gasteiger partial charge in [-0.05, 0) is 12.5 Å². The number of carboxylic acids is 1. The van der Waals surface area contributed by atoms with E-state index in [1.165, 1.54) is 17.8 Å². The zero-order valence-corrected chi connectivity index (χ0v) is 9.24. The molecule has 17 heavy (non-hydrogen) atoms.